The Labute approximate surface area is 147 Å². The highest BCUT2D eigenvalue weighted by Crippen LogP contribution is 2.22. The molecule has 0 radical (unpaired) electrons. The first-order valence-corrected chi connectivity index (χ1v) is 8.40. The van der Waals surface area contributed by atoms with E-state index < -0.39 is 0 Å². The fourth-order valence-electron chi connectivity index (χ4n) is 3.07. The Morgan fingerprint density at radius 3 is 1.92 bits per heavy atom. The van der Waals surface area contributed by atoms with E-state index in [-0.39, 0.29) is 0 Å². The standard InChI is InChI=1S/C22H20N3/c1-18-24(20-13-7-3-8-14-20)17-22(23-19-11-5-2-6-12-19)25(18)21-15-9-4-10-16-21/h2-17,23H,1H3/q+1. The zero-order chi connectivity index (χ0) is 17.1. The van der Waals surface area contributed by atoms with Crippen LogP contribution in [0, 0.1) is 6.92 Å². The lowest BCUT2D eigenvalue weighted by Gasteiger charge is -2.05. The molecule has 1 N–H and O–H groups in total. The summed E-state index contributed by atoms with van der Waals surface area (Å²) in [6.07, 6.45) is 2.14. The maximum Gasteiger partial charge on any atom is 0.265 e. The number of para-hydroxylation sites is 3. The summed E-state index contributed by atoms with van der Waals surface area (Å²) in [5.41, 5.74) is 3.34. The molecule has 0 amide bonds. The highest BCUT2D eigenvalue weighted by atomic mass is 15.2. The third-order valence-corrected chi connectivity index (χ3v) is 4.26. The molecular formula is C22H20N3+. The summed E-state index contributed by atoms with van der Waals surface area (Å²) < 4.78 is 4.44. The molecule has 0 bridgehead atoms. The first kappa shape index (κ1) is 15.2. The number of nitrogens with zero attached hydrogens (tertiary/aromatic N) is 2. The van der Waals surface area contributed by atoms with Gasteiger partial charge in [0.1, 0.15) is 11.4 Å². The van der Waals surface area contributed by atoms with Crippen LogP contribution in [0.5, 0.6) is 0 Å². The predicted octanol–water partition coefficient (Wildman–Crippen LogP) is 4.81. The van der Waals surface area contributed by atoms with Gasteiger partial charge in [-0.25, -0.2) is 0 Å². The second-order valence-corrected chi connectivity index (χ2v) is 5.93. The number of anilines is 2. The van der Waals surface area contributed by atoms with Gasteiger partial charge in [0, 0.05) is 12.6 Å². The highest BCUT2D eigenvalue weighted by molar-refractivity contribution is 5.58. The molecule has 25 heavy (non-hydrogen) atoms. The van der Waals surface area contributed by atoms with Gasteiger partial charge in [0.05, 0.1) is 0 Å². The minimum Gasteiger partial charge on any atom is -0.319 e. The van der Waals surface area contributed by atoms with Gasteiger partial charge in [0.2, 0.25) is 5.82 Å². The maximum absolute atomic E-state index is 3.54. The Kier molecular flexibility index (Phi) is 4.05. The molecule has 0 spiro atoms. The molecule has 4 aromatic rings. The molecule has 0 fully saturated rings. The van der Waals surface area contributed by atoms with Crippen LogP contribution >= 0.6 is 0 Å². The van der Waals surface area contributed by atoms with Crippen LogP contribution in [0.3, 0.4) is 0 Å². The Morgan fingerprint density at radius 1 is 0.720 bits per heavy atom. The number of hydrogen-bond donors (Lipinski definition) is 1. The number of imidazole rings is 1. The summed E-state index contributed by atoms with van der Waals surface area (Å²) in [4.78, 5) is 0. The molecule has 0 saturated heterocycles. The number of hydrogen-bond acceptors (Lipinski definition) is 1. The van der Waals surface area contributed by atoms with Crippen molar-refractivity contribution in [1.82, 2.24) is 4.57 Å². The van der Waals surface area contributed by atoms with Crippen molar-refractivity contribution >= 4 is 11.5 Å². The van der Waals surface area contributed by atoms with Crippen molar-refractivity contribution in [1.29, 1.82) is 0 Å². The van der Waals surface area contributed by atoms with Crippen molar-refractivity contribution in [3.63, 3.8) is 0 Å². The lowest BCUT2D eigenvalue weighted by molar-refractivity contribution is -0.601. The van der Waals surface area contributed by atoms with Gasteiger partial charge < -0.3 is 5.32 Å². The minimum absolute atomic E-state index is 1.03. The maximum atomic E-state index is 3.54. The fourth-order valence-corrected chi connectivity index (χ4v) is 3.07. The van der Waals surface area contributed by atoms with Crippen molar-refractivity contribution in [2.24, 2.45) is 0 Å². The van der Waals surface area contributed by atoms with Crippen molar-refractivity contribution < 1.29 is 4.57 Å². The average Bonchev–Trinajstić information content (AvgIpc) is 3.00. The van der Waals surface area contributed by atoms with Crippen LogP contribution in [-0.4, -0.2) is 4.57 Å². The van der Waals surface area contributed by atoms with Gasteiger partial charge in [-0.15, -0.1) is 0 Å². The molecule has 0 aliphatic rings. The molecule has 3 heteroatoms. The SMILES string of the molecule is Cc1n(-c2ccccc2)c(Nc2ccccc2)c[n+]1-c1ccccc1. The third-order valence-electron chi connectivity index (χ3n) is 4.26. The zero-order valence-electron chi connectivity index (χ0n) is 14.1. The zero-order valence-corrected chi connectivity index (χ0v) is 14.1. The van der Waals surface area contributed by atoms with Crippen LogP contribution in [0.15, 0.2) is 97.2 Å². The Morgan fingerprint density at radius 2 is 1.28 bits per heavy atom. The minimum atomic E-state index is 1.03. The number of nitrogens with one attached hydrogen (secondary N) is 1. The molecule has 4 rings (SSSR count). The molecular weight excluding hydrogens is 306 g/mol. The van der Waals surface area contributed by atoms with Gasteiger partial charge in [-0.2, -0.15) is 9.13 Å². The third kappa shape index (κ3) is 3.04. The molecule has 1 aromatic heterocycles. The predicted molar refractivity (Wildman–Crippen MR) is 102 cm³/mol. The molecule has 3 nitrogen and oxygen atoms in total. The first-order valence-electron chi connectivity index (χ1n) is 8.40. The molecule has 0 aliphatic carbocycles. The second-order valence-electron chi connectivity index (χ2n) is 5.93. The Balaban J connectivity index is 1.87. The quantitative estimate of drug-likeness (QED) is 0.534. The fraction of sp³-hybridized carbons (Fsp3) is 0.0455. The smallest absolute Gasteiger partial charge is 0.265 e. The monoisotopic (exact) mass is 326 g/mol. The van der Waals surface area contributed by atoms with Crippen LogP contribution in [0.25, 0.3) is 11.4 Å². The summed E-state index contributed by atoms with van der Waals surface area (Å²) in [6, 6.07) is 31.1. The summed E-state index contributed by atoms with van der Waals surface area (Å²) in [5.74, 6) is 2.16. The van der Waals surface area contributed by atoms with E-state index in [0.29, 0.717) is 0 Å². The van der Waals surface area contributed by atoms with Crippen LogP contribution in [0.2, 0.25) is 0 Å². The summed E-state index contributed by atoms with van der Waals surface area (Å²) >= 11 is 0. The lowest BCUT2D eigenvalue weighted by atomic mass is 10.3. The summed E-state index contributed by atoms with van der Waals surface area (Å²) in [6.45, 7) is 2.14. The van der Waals surface area contributed by atoms with Gasteiger partial charge in [-0.1, -0.05) is 54.6 Å². The molecule has 3 aromatic carbocycles. The summed E-state index contributed by atoms with van der Waals surface area (Å²) in [7, 11) is 0. The lowest BCUT2D eigenvalue weighted by Crippen LogP contribution is -2.32. The molecule has 1 heterocycles. The molecule has 0 saturated carbocycles. The van der Waals surface area contributed by atoms with E-state index in [1.165, 1.54) is 0 Å². The summed E-state index contributed by atoms with van der Waals surface area (Å²) in [5, 5.41) is 3.54. The van der Waals surface area contributed by atoms with Crippen molar-refractivity contribution in [2.75, 3.05) is 5.32 Å². The number of rotatable bonds is 4. The van der Waals surface area contributed by atoms with Crippen LogP contribution in [0.4, 0.5) is 11.5 Å². The number of benzene rings is 3. The van der Waals surface area contributed by atoms with Crippen molar-refractivity contribution in [3.05, 3.63) is 103 Å². The van der Waals surface area contributed by atoms with Crippen LogP contribution in [-0.2, 0) is 0 Å². The van der Waals surface area contributed by atoms with Gasteiger partial charge in [-0.3, -0.25) is 0 Å². The average molecular weight is 326 g/mol. The van der Waals surface area contributed by atoms with E-state index in [1.54, 1.807) is 0 Å². The van der Waals surface area contributed by atoms with E-state index in [0.717, 1.165) is 28.7 Å². The van der Waals surface area contributed by atoms with E-state index in [9.17, 15) is 0 Å². The molecule has 0 aliphatic heterocycles. The van der Waals surface area contributed by atoms with E-state index in [2.05, 4.69) is 88.2 Å². The van der Waals surface area contributed by atoms with E-state index >= 15 is 0 Å². The number of aromatic nitrogens is 2. The van der Waals surface area contributed by atoms with Gasteiger partial charge >= 0.3 is 0 Å². The largest absolute Gasteiger partial charge is 0.319 e. The normalized spacial score (nSPS) is 10.6. The van der Waals surface area contributed by atoms with Gasteiger partial charge in [-0.05, 0) is 36.4 Å². The Hall–Kier alpha value is -3.33. The second kappa shape index (κ2) is 6.65. The van der Waals surface area contributed by atoms with Crippen molar-refractivity contribution in [3.8, 4) is 11.4 Å². The van der Waals surface area contributed by atoms with Crippen molar-refractivity contribution in [2.45, 2.75) is 6.92 Å². The topological polar surface area (TPSA) is 20.8 Å². The molecule has 122 valence electrons. The van der Waals surface area contributed by atoms with E-state index in [4.69, 9.17) is 0 Å². The van der Waals surface area contributed by atoms with E-state index in [1.807, 2.05) is 30.3 Å². The first-order chi connectivity index (χ1) is 12.3. The highest BCUT2D eigenvalue weighted by Gasteiger charge is 2.22. The Bertz CT molecular complexity index is 958. The van der Waals surface area contributed by atoms with Crippen LogP contribution < -0.4 is 9.88 Å². The molecule has 0 atom stereocenters. The van der Waals surface area contributed by atoms with Gasteiger partial charge in [0.25, 0.3) is 5.82 Å². The van der Waals surface area contributed by atoms with Crippen LogP contribution in [0.1, 0.15) is 5.82 Å². The van der Waals surface area contributed by atoms with Gasteiger partial charge in [0.15, 0.2) is 6.20 Å². The molecule has 0 unspecified atom stereocenters.